The van der Waals surface area contributed by atoms with Gasteiger partial charge in [0, 0.05) is 21.8 Å². The fourth-order valence-corrected chi connectivity index (χ4v) is 2.55. The molecule has 2 aromatic carbocycles. The first-order valence-corrected chi connectivity index (χ1v) is 9.72. The number of benzene rings is 2. The topological polar surface area (TPSA) is 109 Å². The molecule has 8 nitrogen and oxygen atoms in total. The largest absolute Gasteiger partial charge is 0.483 e. The maximum atomic E-state index is 12.1. The van der Waals surface area contributed by atoms with Crippen LogP contribution in [0.5, 0.6) is 5.75 Å². The molecule has 0 aliphatic heterocycles. The first-order chi connectivity index (χ1) is 14.0. The van der Waals surface area contributed by atoms with Gasteiger partial charge in [0.25, 0.3) is 5.91 Å². The second-order valence-corrected chi connectivity index (χ2v) is 7.24. The number of amides is 3. The fourth-order valence-electron chi connectivity index (χ4n) is 2.28. The average molecular weight is 459 g/mol. The molecular formula is C20H19BrN4O4. The molecule has 150 valence electrons. The normalized spacial score (nSPS) is 13.0. The molecule has 1 aliphatic carbocycles. The molecule has 3 rings (SSSR count). The number of anilines is 1. The van der Waals surface area contributed by atoms with E-state index in [9.17, 15) is 14.4 Å². The Hall–Kier alpha value is -3.20. The summed E-state index contributed by atoms with van der Waals surface area (Å²) in [7, 11) is 0. The van der Waals surface area contributed by atoms with Crippen LogP contribution in [0.25, 0.3) is 0 Å². The number of carbonyl (C=O) groups is 3. The SMILES string of the molecule is O=C(COc1ccccc1/C=N\NC(=O)C(=O)NC1CC1)Nc1ccc(Br)cc1. The molecule has 0 radical (unpaired) electrons. The van der Waals surface area contributed by atoms with Gasteiger partial charge in [0.15, 0.2) is 6.61 Å². The number of carbonyl (C=O) groups excluding carboxylic acids is 3. The van der Waals surface area contributed by atoms with Crippen molar-refractivity contribution in [3.05, 3.63) is 58.6 Å². The van der Waals surface area contributed by atoms with Crippen molar-refractivity contribution in [1.29, 1.82) is 0 Å². The van der Waals surface area contributed by atoms with E-state index in [0.29, 0.717) is 17.0 Å². The highest BCUT2D eigenvalue weighted by Crippen LogP contribution is 2.18. The van der Waals surface area contributed by atoms with Gasteiger partial charge < -0.3 is 15.4 Å². The summed E-state index contributed by atoms with van der Waals surface area (Å²) >= 11 is 3.33. The quantitative estimate of drug-likeness (QED) is 0.335. The van der Waals surface area contributed by atoms with Gasteiger partial charge in [-0.05, 0) is 49.2 Å². The second kappa shape index (κ2) is 9.83. The maximum Gasteiger partial charge on any atom is 0.329 e. The van der Waals surface area contributed by atoms with Crippen LogP contribution in [-0.4, -0.2) is 36.6 Å². The minimum atomic E-state index is -0.833. The van der Waals surface area contributed by atoms with Crippen molar-refractivity contribution in [3.8, 4) is 5.75 Å². The molecule has 0 saturated heterocycles. The summed E-state index contributed by atoms with van der Waals surface area (Å²) < 4.78 is 6.47. The lowest BCUT2D eigenvalue weighted by Gasteiger charge is -2.09. The van der Waals surface area contributed by atoms with Crippen molar-refractivity contribution >= 4 is 45.6 Å². The Morgan fingerprint density at radius 3 is 2.52 bits per heavy atom. The van der Waals surface area contributed by atoms with Crippen LogP contribution in [0.1, 0.15) is 18.4 Å². The molecule has 2 aromatic rings. The smallest absolute Gasteiger partial charge is 0.329 e. The Balaban J connectivity index is 1.51. The molecule has 0 bridgehead atoms. The molecule has 0 heterocycles. The van der Waals surface area contributed by atoms with Gasteiger partial charge in [0.1, 0.15) is 5.75 Å². The summed E-state index contributed by atoms with van der Waals surface area (Å²) in [6.07, 6.45) is 3.13. The van der Waals surface area contributed by atoms with Crippen molar-refractivity contribution in [2.24, 2.45) is 5.10 Å². The van der Waals surface area contributed by atoms with Crippen LogP contribution in [0.4, 0.5) is 5.69 Å². The molecule has 0 unspecified atom stereocenters. The van der Waals surface area contributed by atoms with E-state index in [2.05, 4.69) is 37.1 Å². The minimum Gasteiger partial charge on any atom is -0.483 e. The Kier molecular flexibility index (Phi) is 6.96. The molecule has 1 aliphatic rings. The van der Waals surface area contributed by atoms with Gasteiger partial charge in [-0.3, -0.25) is 14.4 Å². The van der Waals surface area contributed by atoms with E-state index in [0.717, 1.165) is 17.3 Å². The first kappa shape index (κ1) is 20.5. The Bertz CT molecular complexity index is 926. The van der Waals surface area contributed by atoms with Gasteiger partial charge in [-0.1, -0.05) is 28.1 Å². The van der Waals surface area contributed by atoms with E-state index < -0.39 is 11.8 Å². The first-order valence-electron chi connectivity index (χ1n) is 8.92. The van der Waals surface area contributed by atoms with Crippen molar-refractivity contribution < 1.29 is 19.1 Å². The van der Waals surface area contributed by atoms with E-state index in [1.807, 2.05) is 12.1 Å². The molecule has 0 aromatic heterocycles. The lowest BCUT2D eigenvalue weighted by atomic mass is 10.2. The third-order valence-electron chi connectivity index (χ3n) is 3.89. The Morgan fingerprint density at radius 1 is 1.07 bits per heavy atom. The number of hydrogen-bond acceptors (Lipinski definition) is 5. The predicted molar refractivity (Wildman–Crippen MR) is 112 cm³/mol. The number of nitrogens with one attached hydrogen (secondary N) is 3. The van der Waals surface area contributed by atoms with Crippen molar-refractivity contribution in [3.63, 3.8) is 0 Å². The third kappa shape index (κ3) is 6.72. The molecule has 0 spiro atoms. The molecule has 3 N–H and O–H groups in total. The Labute approximate surface area is 175 Å². The van der Waals surface area contributed by atoms with E-state index >= 15 is 0 Å². The fraction of sp³-hybridized carbons (Fsp3) is 0.200. The van der Waals surface area contributed by atoms with Crippen LogP contribution in [0, 0.1) is 0 Å². The number of nitrogens with zero attached hydrogens (tertiary/aromatic N) is 1. The molecule has 1 saturated carbocycles. The predicted octanol–water partition coefficient (Wildman–Crippen LogP) is 2.20. The standard InChI is InChI=1S/C20H19BrN4O4/c21-14-5-7-15(8-6-14)23-18(26)12-29-17-4-2-1-3-13(17)11-22-25-20(28)19(27)24-16-9-10-16/h1-8,11,16H,9-10,12H2,(H,23,26)(H,24,27)(H,25,28)/b22-11-. The zero-order chi connectivity index (χ0) is 20.6. The molecule has 9 heteroatoms. The summed E-state index contributed by atoms with van der Waals surface area (Å²) in [5.74, 6) is -1.44. The second-order valence-electron chi connectivity index (χ2n) is 6.33. The van der Waals surface area contributed by atoms with Gasteiger partial charge in [-0.25, -0.2) is 5.43 Å². The summed E-state index contributed by atoms with van der Waals surface area (Å²) in [5, 5.41) is 9.09. The van der Waals surface area contributed by atoms with Gasteiger partial charge in [0.2, 0.25) is 0 Å². The highest BCUT2D eigenvalue weighted by Gasteiger charge is 2.26. The van der Waals surface area contributed by atoms with Crippen molar-refractivity contribution in [1.82, 2.24) is 10.7 Å². The van der Waals surface area contributed by atoms with Crippen LogP contribution >= 0.6 is 15.9 Å². The summed E-state index contributed by atoms with van der Waals surface area (Å²) in [5.41, 5.74) is 3.38. The molecule has 3 amide bonds. The van der Waals surface area contributed by atoms with Crippen molar-refractivity contribution in [2.75, 3.05) is 11.9 Å². The highest BCUT2D eigenvalue weighted by molar-refractivity contribution is 9.10. The van der Waals surface area contributed by atoms with Gasteiger partial charge in [-0.2, -0.15) is 5.10 Å². The third-order valence-corrected chi connectivity index (χ3v) is 4.42. The van der Waals surface area contributed by atoms with E-state index in [1.54, 1.807) is 36.4 Å². The zero-order valence-electron chi connectivity index (χ0n) is 15.4. The summed E-state index contributed by atoms with van der Waals surface area (Å²) in [4.78, 5) is 35.3. The highest BCUT2D eigenvalue weighted by atomic mass is 79.9. The lowest BCUT2D eigenvalue weighted by molar-refractivity contribution is -0.139. The number of para-hydroxylation sites is 1. The molecule has 1 fully saturated rings. The maximum absolute atomic E-state index is 12.1. The van der Waals surface area contributed by atoms with E-state index in [4.69, 9.17) is 4.74 Å². The Morgan fingerprint density at radius 2 is 1.79 bits per heavy atom. The van der Waals surface area contributed by atoms with Crippen molar-refractivity contribution in [2.45, 2.75) is 18.9 Å². The lowest BCUT2D eigenvalue weighted by Crippen LogP contribution is -2.38. The van der Waals surface area contributed by atoms with Gasteiger partial charge >= 0.3 is 11.8 Å². The summed E-state index contributed by atoms with van der Waals surface area (Å²) in [6.45, 7) is -0.197. The summed E-state index contributed by atoms with van der Waals surface area (Å²) in [6, 6.07) is 14.2. The van der Waals surface area contributed by atoms with Gasteiger partial charge in [0.05, 0.1) is 6.21 Å². The van der Waals surface area contributed by atoms with E-state index in [1.165, 1.54) is 6.21 Å². The van der Waals surface area contributed by atoms with Crippen LogP contribution < -0.4 is 20.8 Å². The van der Waals surface area contributed by atoms with Crippen LogP contribution in [0.3, 0.4) is 0 Å². The minimum absolute atomic E-state index is 0.0925. The molecule has 0 atom stereocenters. The number of halogens is 1. The monoisotopic (exact) mass is 458 g/mol. The van der Waals surface area contributed by atoms with Crippen LogP contribution in [0.15, 0.2) is 58.1 Å². The molecule has 29 heavy (non-hydrogen) atoms. The van der Waals surface area contributed by atoms with Crippen LogP contribution in [-0.2, 0) is 14.4 Å². The zero-order valence-corrected chi connectivity index (χ0v) is 16.9. The number of rotatable bonds is 7. The van der Waals surface area contributed by atoms with Crippen LogP contribution in [0.2, 0.25) is 0 Å². The number of hydrogen-bond donors (Lipinski definition) is 3. The van der Waals surface area contributed by atoms with Gasteiger partial charge in [-0.15, -0.1) is 0 Å². The molecular weight excluding hydrogens is 440 g/mol. The van der Waals surface area contributed by atoms with E-state index in [-0.39, 0.29) is 18.6 Å². The number of hydrazone groups is 1. The number of ether oxygens (including phenoxy) is 1. The average Bonchev–Trinajstić information content (AvgIpc) is 3.53.